The maximum absolute atomic E-state index is 12.3. The molecule has 6 heteroatoms. The van der Waals surface area contributed by atoms with Crippen LogP contribution in [0.3, 0.4) is 0 Å². The first kappa shape index (κ1) is 13.3. The summed E-state index contributed by atoms with van der Waals surface area (Å²) in [5.41, 5.74) is 5.01. The molecule has 1 aromatic rings. The van der Waals surface area contributed by atoms with E-state index in [4.69, 9.17) is 5.73 Å². The molecule has 0 aromatic heterocycles. The number of halogens is 3. The van der Waals surface area contributed by atoms with Crippen molar-refractivity contribution in [2.75, 3.05) is 13.3 Å². The SMILES string of the molecule is CP(C)(=O)c1ccc(C(N)C(F)(F)F)cc1. The Morgan fingerprint density at radius 2 is 1.62 bits per heavy atom. The molecule has 16 heavy (non-hydrogen) atoms. The molecule has 0 radical (unpaired) electrons. The van der Waals surface area contributed by atoms with E-state index in [0.717, 1.165) is 0 Å². The van der Waals surface area contributed by atoms with E-state index in [-0.39, 0.29) is 5.56 Å². The molecule has 90 valence electrons. The molecule has 2 nitrogen and oxygen atoms in total. The lowest BCUT2D eigenvalue weighted by Crippen LogP contribution is -2.28. The average Bonchev–Trinajstić information content (AvgIpc) is 2.14. The summed E-state index contributed by atoms with van der Waals surface area (Å²) in [6.07, 6.45) is -4.45. The number of rotatable bonds is 2. The van der Waals surface area contributed by atoms with Crippen molar-refractivity contribution < 1.29 is 17.7 Å². The summed E-state index contributed by atoms with van der Waals surface area (Å²) >= 11 is 0. The van der Waals surface area contributed by atoms with Gasteiger partial charge in [-0.1, -0.05) is 24.3 Å². The van der Waals surface area contributed by atoms with Crippen molar-refractivity contribution >= 4 is 12.4 Å². The van der Waals surface area contributed by atoms with Crippen LogP contribution in [-0.2, 0) is 4.57 Å². The molecule has 0 aliphatic carbocycles. The van der Waals surface area contributed by atoms with Crippen LogP contribution in [0.5, 0.6) is 0 Å². The molecule has 0 bridgehead atoms. The summed E-state index contributed by atoms with van der Waals surface area (Å²) in [5.74, 6) is 0. The highest BCUT2D eigenvalue weighted by Crippen LogP contribution is 2.35. The molecule has 1 aromatic carbocycles. The van der Waals surface area contributed by atoms with Crippen LogP contribution in [-0.4, -0.2) is 19.5 Å². The highest BCUT2D eigenvalue weighted by molar-refractivity contribution is 7.70. The zero-order chi connectivity index (χ0) is 12.6. The van der Waals surface area contributed by atoms with Crippen molar-refractivity contribution in [3.8, 4) is 0 Å². The van der Waals surface area contributed by atoms with E-state index in [2.05, 4.69) is 0 Å². The number of benzene rings is 1. The quantitative estimate of drug-likeness (QED) is 0.820. The molecule has 0 amide bonds. The van der Waals surface area contributed by atoms with Gasteiger partial charge in [0.05, 0.1) is 0 Å². The zero-order valence-corrected chi connectivity index (χ0v) is 9.85. The molecule has 0 fully saturated rings. The number of hydrogen-bond donors (Lipinski definition) is 1. The van der Waals surface area contributed by atoms with E-state index in [0.29, 0.717) is 5.30 Å². The lowest BCUT2D eigenvalue weighted by atomic mass is 10.1. The predicted octanol–water partition coefficient (Wildman–Crippen LogP) is 2.50. The first-order valence-electron chi connectivity index (χ1n) is 4.60. The first-order chi connectivity index (χ1) is 7.12. The Morgan fingerprint density at radius 1 is 1.19 bits per heavy atom. The predicted molar refractivity (Wildman–Crippen MR) is 58.5 cm³/mol. The summed E-state index contributed by atoms with van der Waals surface area (Å²) in [7, 11) is -2.43. The van der Waals surface area contributed by atoms with E-state index >= 15 is 0 Å². The molecule has 1 unspecified atom stereocenters. The van der Waals surface area contributed by atoms with Crippen LogP contribution in [0.1, 0.15) is 11.6 Å². The van der Waals surface area contributed by atoms with Gasteiger partial charge in [-0.05, 0) is 18.9 Å². The minimum atomic E-state index is -4.45. The molecule has 2 N–H and O–H groups in total. The Hall–Kier alpha value is -0.800. The Kier molecular flexibility index (Phi) is 3.50. The van der Waals surface area contributed by atoms with Gasteiger partial charge >= 0.3 is 6.18 Å². The largest absolute Gasteiger partial charge is 0.407 e. The topological polar surface area (TPSA) is 43.1 Å². The maximum Gasteiger partial charge on any atom is 0.407 e. The van der Waals surface area contributed by atoms with Gasteiger partial charge in [-0.2, -0.15) is 13.2 Å². The molecule has 0 saturated heterocycles. The van der Waals surface area contributed by atoms with Crippen LogP contribution in [0, 0.1) is 0 Å². The highest BCUT2D eigenvalue weighted by atomic mass is 31.2. The van der Waals surface area contributed by atoms with Crippen LogP contribution in [0.25, 0.3) is 0 Å². The van der Waals surface area contributed by atoms with Gasteiger partial charge in [0.1, 0.15) is 13.2 Å². The molecule has 0 heterocycles. The number of nitrogens with two attached hydrogens (primary N) is 1. The molecule has 1 atom stereocenters. The van der Waals surface area contributed by atoms with Gasteiger partial charge in [0.25, 0.3) is 0 Å². The molecule has 0 saturated carbocycles. The van der Waals surface area contributed by atoms with Gasteiger partial charge in [-0.15, -0.1) is 0 Å². The van der Waals surface area contributed by atoms with Gasteiger partial charge in [0.2, 0.25) is 0 Å². The first-order valence-corrected chi connectivity index (χ1v) is 7.20. The molecule has 0 aliphatic heterocycles. The summed E-state index contributed by atoms with van der Waals surface area (Å²) in [6, 6.07) is 3.42. The molecule has 0 aliphatic rings. The second kappa shape index (κ2) is 4.22. The molecule has 0 spiro atoms. The van der Waals surface area contributed by atoms with Crippen molar-refractivity contribution in [2.45, 2.75) is 12.2 Å². The fourth-order valence-electron chi connectivity index (χ4n) is 1.23. The summed E-state index contributed by atoms with van der Waals surface area (Å²) in [4.78, 5) is 0. The third kappa shape index (κ3) is 3.09. The second-order valence-corrected chi connectivity index (χ2v) is 7.18. The Labute approximate surface area is 92.0 Å². The zero-order valence-electron chi connectivity index (χ0n) is 8.95. The molecule has 1 rings (SSSR count). The van der Waals surface area contributed by atoms with Crippen molar-refractivity contribution in [3.63, 3.8) is 0 Å². The third-order valence-electron chi connectivity index (χ3n) is 2.23. The van der Waals surface area contributed by atoms with Crippen molar-refractivity contribution in [3.05, 3.63) is 29.8 Å². The van der Waals surface area contributed by atoms with Gasteiger partial charge < -0.3 is 10.3 Å². The van der Waals surface area contributed by atoms with Crippen LogP contribution in [0.4, 0.5) is 13.2 Å². The van der Waals surface area contributed by atoms with E-state index in [9.17, 15) is 17.7 Å². The van der Waals surface area contributed by atoms with Gasteiger partial charge in [0, 0.05) is 5.30 Å². The summed E-state index contributed by atoms with van der Waals surface area (Å²) < 4.78 is 48.5. The standard InChI is InChI=1S/C10H13F3NOP/c1-16(2,15)8-5-3-7(4-6-8)9(14)10(11,12)13/h3-6,9H,14H2,1-2H3. The lowest BCUT2D eigenvalue weighted by Gasteiger charge is -2.16. The van der Waals surface area contributed by atoms with Crippen LogP contribution in [0.15, 0.2) is 24.3 Å². The highest BCUT2D eigenvalue weighted by Gasteiger charge is 2.37. The monoisotopic (exact) mass is 251 g/mol. The fraction of sp³-hybridized carbons (Fsp3) is 0.400. The fourth-order valence-corrected chi connectivity index (χ4v) is 2.10. The van der Waals surface area contributed by atoms with E-state index in [1.807, 2.05) is 0 Å². The maximum atomic E-state index is 12.3. The van der Waals surface area contributed by atoms with Crippen molar-refractivity contribution in [2.24, 2.45) is 5.73 Å². The Bertz CT molecular complexity index is 407. The smallest absolute Gasteiger partial charge is 0.319 e. The lowest BCUT2D eigenvalue weighted by molar-refractivity contribution is -0.149. The van der Waals surface area contributed by atoms with Crippen LogP contribution in [0.2, 0.25) is 0 Å². The van der Waals surface area contributed by atoms with Gasteiger partial charge in [0.15, 0.2) is 0 Å². The average molecular weight is 251 g/mol. The van der Waals surface area contributed by atoms with E-state index in [1.54, 1.807) is 13.3 Å². The number of hydrogen-bond acceptors (Lipinski definition) is 2. The normalized spacial score (nSPS) is 14.9. The second-order valence-electron chi connectivity index (χ2n) is 3.96. The molecular formula is C10H13F3NOP. The van der Waals surface area contributed by atoms with Crippen molar-refractivity contribution in [1.82, 2.24) is 0 Å². The summed E-state index contributed by atoms with van der Waals surface area (Å²) in [5, 5.41) is 0.547. The van der Waals surface area contributed by atoms with Crippen LogP contribution < -0.4 is 11.0 Å². The minimum absolute atomic E-state index is 0.0234. The van der Waals surface area contributed by atoms with Crippen molar-refractivity contribution in [1.29, 1.82) is 0 Å². The van der Waals surface area contributed by atoms with E-state index < -0.39 is 19.4 Å². The Morgan fingerprint density at radius 3 is 1.94 bits per heavy atom. The minimum Gasteiger partial charge on any atom is -0.319 e. The Balaban J connectivity index is 3.01. The van der Waals surface area contributed by atoms with Gasteiger partial charge in [-0.25, -0.2) is 0 Å². The van der Waals surface area contributed by atoms with Gasteiger partial charge in [-0.3, -0.25) is 0 Å². The third-order valence-corrected chi connectivity index (χ3v) is 3.77. The number of alkyl halides is 3. The van der Waals surface area contributed by atoms with Crippen LogP contribution >= 0.6 is 7.14 Å². The van der Waals surface area contributed by atoms with E-state index in [1.165, 1.54) is 24.3 Å². The molecular weight excluding hydrogens is 238 g/mol. The summed E-state index contributed by atoms with van der Waals surface area (Å²) in [6.45, 7) is 3.12.